The molecule has 1 N–H and O–H groups in total. The molecule has 0 amide bonds. The summed E-state index contributed by atoms with van der Waals surface area (Å²) >= 11 is 3.24. The molecule has 0 radical (unpaired) electrons. The highest BCUT2D eigenvalue weighted by molar-refractivity contribution is 8.23. The number of thioether (sulfide) groups is 2. The van der Waals surface area contributed by atoms with Crippen LogP contribution in [0.2, 0.25) is 0 Å². The van der Waals surface area contributed by atoms with Crippen molar-refractivity contribution in [2.45, 2.75) is 11.5 Å². The monoisotopic (exact) mass is 401 g/mol. The van der Waals surface area contributed by atoms with E-state index in [2.05, 4.69) is 20.2 Å². The first kappa shape index (κ1) is 19.2. The summed E-state index contributed by atoms with van der Waals surface area (Å²) < 4.78 is 6.91. The van der Waals surface area contributed by atoms with Gasteiger partial charge >= 0.3 is 5.69 Å². The molecule has 0 saturated carbocycles. The molecule has 9 heteroatoms. The molecule has 0 aliphatic heterocycles. The van der Waals surface area contributed by atoms with E-state index in [1.54, 1.807) is 41.3 Å². The minimum absolute atomic E-state index is 0.0717. The first-order chi connectivity index (χ1) is 13.2. The van der Waals surface area contributed by atoms with Crippen molar-refractivity contribution in [3.05, 3.63) is 65.0 Å². The third-order valence-electron chi connectivity index (χ3n) is 3.62. The quantitative estimate of drug-likeness (QED) is 0.351. The van der Waals surface area contributed by atoms with Crippen LogP contribution in [0, 0.1) is 0 Å². The fourth-order valence-electron chi connectivity index (χ4n) is 2.41. The molecule has 0 spiro atoms. The van der Waals surface area contributed by atoms with Gasteiger partial charge in [-0.25, -0.2) is 24.4 Å². The topological polar surface area (TPSA) is 85.2 Å². The Labute approximate surface area is 165 Å². The zero-order chi connectivity index (χ0) is 19.1. The third kappa shape index (κ3) is 4.81. The highest BCUT2D eigenvalue weighted by Gasteiger charge is 2.16. The second-order valence-corrected chi connectivity index (χ2v) is 7.51. The molecule has 0 saturated heterocycles. The number of para-hydroxylation sites is 1. The number of rotatable bonds is 8. The van der Waals surface area contributed by atoms with E-state index in [1.165, 1.54) is 10.9 Å². The van der Waals surface area contributed by atoms with E-state index >= 15 is 0 Å². The molecule has 0 aliphatic carbocycles. The number of hydrogen-bond acceptors (Lipinski definition) is 7. The van der Waals surface area contributed by atoms with Crippen molar-refractivity contribution in [3.63, 3.8) is 0 Å². The molecule has 2 heterocycles. The second kappa shape index (κ2) is 9.43. The van der Waals surface area contributed by atoms with Crippen molar-refractivity contribution in [1.29, 1.82) is 0 Å². The van der Waals surface area contributed by atoms with Gasteiger partial charge in [0.15, 0.2) is 0 Å². The highest BCUT2D eigenvalue weighted by Crippen LogP contribution is 2.39. The average molecular weight is 402 g/mol. The number of ether oxygens (including phenoxy) is 1. The Kier molecular flexibility index (Phi) is 6.72. The van der Waals surface area contributed by atoms with Gasteiger partial charge in [-0.15, -0.1) is 11.8 Å². The number of aromatic amines is 1. The molecule has 3 rings (SSSR count). The summed E-state index contributed by atoms with van der Waals surface area (Å²) in [5.41, 5.74) is 4.12. The lowest BCUT2D eigenvalue weighted by Gasteiger charge is -2.16. The van der Waals surface area contributed by atoms with Crippen LogP contribution in [-0.4, -0.2) is 38.2 Å². The van der Waals surface area contributed by atoms with Crippen LogP contribution < -0.4 is 10.4 Å². The maximum atomic E-state index is 11.9. The van der Waals surface area contributed by atoms with E-state index in [0.29, 0.717) is 12.5 Å². The van der Waals surface area contributed by atoms with Gasteiger partial charge < -0.3 is 4.74 Å². The molecule has 1 unspecified atom stereocenters. The summed E-state index contributed by atoms with van der Waals surface area (Å²) in [6.07, 6.45) is 5.19. The third-order valence-corrected chi connectivity index (χ3v) is 5.94. The minimum Gasteiger partial charge on any atom is -0.478 e. The number of aliphatic imine (C=N–C) groups is 1. The molecule has 2 aromatic heterocycles. The largest absolute Gasteiger partial charge is 0.478 e. The van der Waals surface area contributed by atoms with Gasteiger partial charge in [-0.05, 0) is 30.9 Å². The first-order valence-electron chi connectivity index (χ1n) is 8.24. The van der Waals surface area contributed by atoms with E-state index in [-0.39, 0.29) is 10.3 Å². The zero-order valence-electron chi connectivity index (χ0n) is 14.9. The molecule has 27 heavy (non-hydrogen) atoms. The first-order valence-corrected chi connectivity index (χ1v) is 10.5. The van der Waals surface area contributed by atoms with Gasteiger partial charge in [-0.3, -0.25) is 0 Å². The highest BCUT2D eigenvalue weighted by atomic mass is 32.2. The lowest BCUT2D eigenvalue weighted by atomic mass is 10.2. The van der Waals surface area contributed by atoms with Crippen molar-refractivity contribution in [2.24, 2.45) is 4.99 Å². The molecule has 0 fully saturated rings. The molecule has 0 aliphatic rings. The van der Waals surface area contributed by atoms with Crippen molar-refractivity contribution in [2.75, 3.05) is 12.9 Å². The fourth-order valence-corrected chi connectivity index (χ4v) is 4.10. The van der Waals surface area contributed by atoms with E-state index in [9.17, 15) is 4.79 Å². The molecule has 3 aromatic rings. The summed E-state index contributed by atoms with van der Waals surface area (Å²) in [4.78, 5) is 20.6. The molecule has 0 bridgehead atoms. The zero-order valence-corrected chi connectivity index (χ0v) is 16.5. The maximum Gasteiger partial charge on any atom is 0.347 e. The minimum atomic E-state index is -0.263. The summed E-state index contributed by atoms with van der Waals surface area (Å²) in [5, 5.41) is 6.24. The molecule has 7 nitrogen and oxygen atoms in total. The summed E-state index contributed by atoms with van der Waals surface area (Å²) in [7, 11) is 0. The Morgan fingerprint density at radius 2 is 2.19 bits per heavy atom. The van der Waals surface area contributed by atoms with Crippen molar-refractivity contribution < 1.29 is 4.74 Å². The van der Waals surface area contributed by atoms with Crippen molar-refractivity contribution >= 4 is 34.8 Å². The maximum absolute atomic E-state index is 11.9. The normalized spacial score (nSPS) is 12.4. The number of hydrogen-bond donors (Lipinski definition) is 1. The number of benzene rings is 1. The van der Waals surface area contributed by atoms with Gasteiger partial charge in [0, 0.05) is 6.07 Å². The van der Waals surface area contributed by atoms with Crippen LogP contribution in [0.15, 0.2) is 58.7 Å². The smallest absolute Gasteiger partial charge is 0.347 e. The second-order valence-electron chi connectivity index (χ2n) is 5.32. The van der Waals surface area contributed by atoms with Gasteiger partial charge in [-0.1, -0.05) is 30.0 Å². The van der Waals surface area contributed by atoms with Crippen molar-refractivity contribution in [1.82, 2.24) is 19.7 Å². The van der Waals surface area contributed by atoms with E-state index in [4.69, 9.17) is 4.74 Å². The van der Waals surface area contributed by atoms with Crippen LogP contribution in [0.4, 0.5) is 5.69 Å². The van der Waals surface area contributed by atoms with Crippen LogP contribution in [0.25, 0.3) is 5.69 Å². The number of nitrogens with zero attached hydrogens (tertiary/aromatic N) is 4. The number of pyridine rings is 1. The number of nitrogens with one attached hydrogen (secondary N) is 1. The Hall–Kier alpha value is -2.52. The molecular formula is C18H19N5O2S2. The summed E-state index contributed by atoms with van der Waals surface area (Å²) in [5.74, 6) is 0.588. The lowest BCUT2D eigenvalue weighted by molar-refractivity contribution is 0.327. The predicted molar refractivity (Wildman–Crippen MR) is 112 cm³/mol. The van der Waals surface area contributed by atoms with Gasteiger partial charge in [0.2, 0.25) is 5.88 Å². The van der Waals surface area contributed by atoms with E-state index in [1.807, 2.05) is 43.5 Å². The van der Waals surface area contributed by atoms with Gasteiger partial charge in [-0.2, -0.15) is 5.10 Å². The van der Waals surface area contributed by atoms with Gasteiger partial charge in [0.25, 0.3) is 0 Å². The Bertz CT molecular complexity index is 953. The summed E-state index contributed by atoms with van der Waals surface area (Å²) in [6, 6.07) is 11.4. The predicted octanol–water partition coefficient (Wildman–Crippen LogP) is 3.81. The van der Waals surface area contributed by atoms with Gasteiger partial charge in [0.05, 0.1) is 34.3 Å². The van der Waals surface area contributed by atoms with Crippen LogP contribution in [0.5, 0.6) is 5.88 Å². The van der Waals surface area contributed by atoms with Crippen LogP contribution >= 0.6 is 23.5 Å². The summed E-state index contributed by atoms with van der Waals surface area (Å²) in [6.45, 7) is 2.50. The standard InChI is InChI=1S/C18H19N5O2S2/c1-3-25-16-9-8-13(10-19-16)20-12-27-17(26-2)14-6-4-5-7-15(14)23-11-21-22-18(23)24/h4-12,17H,3H2,1-2H3,(H,22,24). The SMILES string of the molecule is CCOc1ccc(N=CSC(SC)c2ccccc2-n2cn[nH]c2=O)cn1. The Morgan fingerprint density at radius 1 is 1.33 bits per heavy atom. The fraction of sp³-hybridized carbons (Fsp3) is 0.222. The molecule has 1 atom stereocenters. The van der Waals surface area contributed by atoms with Crippen LogP contribution in [0.1, 0.15) is 17.1 Å². The van der Waals surface area contributed by atoms with Crippen molar-refractivity contribution in [3.8, 4) is 11.6 Å². The molecule has 140 valence electrons. The Balaban J connectivity index is 1.76. The Morgan fingerprint density at radius 3 is 2.85 bits per heavy atom. The lowest BCUT2D eigenvalue weighted by Crippen LogP contribution is -2.16. The average Bonchev–Trinajstić information content (AvgIpc) is 3.13. The van der Waals surface area contributed by atoms with E-state index in [0.717, 1.165) is 16.9 Å². The molecule has 1 aromatic carbocycles. The van der Waals surface area contributed by atoms with Crippen LogP contribution in [0.3, 0.4) is 0 Å². The van der Waals surface area contributed by atoms with Gasteiger partial charge in [0.1, 0.15) is 6.33 Å². The number of aromatic nitrogens is 4. The van der Waals surface area contributed by atoms with Crippen LogP contribution in [-0.2, 0) is 0 Å². The number of H-pyrrole nitrogens is 1. The molecular weight excluding hydrogens is 382 g/mol. The van der Waals surface area contributed by atoms with E-state index < -0.39 is 0 Å².